The Morgan fingerprint density at radius 2 is 1.67 bits per heavy atom. The summed E-state index contributed by atoms with van der Waals surface area (Å²) in [6.07, 6.45) is 4.30. The SMILES string of the molecule is CC(C)C[C@@H]1NC(=O)CN(C)C(=O)[C@H](CO)NC(=O)[C@@H]2C[C@H](NC(=O)c3csc4c3CCCC4)CN2C(=O)[C@H](Cc2ccccc2)NC1=O. The highest BCUT2D eigenvalue weighted by molar-refractivity contribution is 7.10. The second kappa shape index (κ2) is 15.9. The third-order valence-corrected chi connectivity index (χ3v) is 10.4. The van der Waals surface area contributed by atoms with E-state index in [2.05, 4.69) is 21.3 Å². The fraction of sp³-hybridized carbons (Fsp3) is 0.543. The topological polar surface area (TPSA) is 177 Å². The Hall–Kier alpha value is -4.30. The Morgan fingerprint density at radius 3 is 2.39 bits per heavy atom. The molecule has 0 saturated carbocycles. The Balaban J connectivity index is 1.48. The summed E-state index contributed by atoms with van der Waals surface area (Å²) < 4.78 is 0. The number of carbonyl (C=O) groups is 6. The molecule has 13 nitrogen and oxygen atoms in total. The number of fused-ring (bicyclic) bond motifs is 2. The van der Waals surface area contributed by atoms with Gasteiger partial charge in [-0.25, -0.2) is 0 Å². The molecule has 5 rings (SSSR count). The Bertz CT molecular complexity index is 1560. The molecule has 14 heteroatoms. The van der Waals surface area contributed by atoms with Crippen molar-refractivity contribution in [2.75, 3.05) is 26.7 Å². The van der Waals surface area contributed by atoms with Crippen molar-refractivity contribution < 1.29 is 33.9 Å². The molecule has 5 atom stereocenters. The van der Waals surface area contributed by atoms with E-state index in [-0.39, 0.29) is 37.6 Å². The van der Waals surface area contributed by atoms with Crippen molar-refractivity contribution in [3.8, 4) is 0 Å². The van der Waals surface area contributed by atoms with Gasteiger partial charge in [-0.1, -0.05) is 44.2 Å². The van der Waals surface area contributed by atoms with Gasteiger partial charge in [-0.2, -0.15) is 0 Å². The van der Waals surface area contributed by atoms with Crippen LogP contribution in [-0.2, 0) is 43.2 Å². The first-order chi connectivity index (χ1) is 23.4. The second-order valence-electron chi connectivity index (χ2n) is 13.6. The van der Waals surface area contributed by atoms with Crippen LogP contribution in [0.25, 0.3) is 0 Å². The molecule has 0 unspecified atom stereocenters. The molecule has 2 fully saturated rings. The molecule has 49 heavy (non-hydrogen) atoms. The highest BCUT2D eigenvalue weighted by atomic mass is 32.1. The maximum Gasteiger partial charge on any atom is 0.252 e. The maximum absolute atomic E-state index is 14.5. The number of hydrogen-bond donors (Lipinski definition) is 5. The minimum atomic E-state index is -1.38. The number of rotatable bonds is 7. The number of aliphatic hydroxyl groups excluding tert-OH is 1. The molecule has 1 aromatic carbocycles. The lowest BCUT2D eigenvalue weighted by Crippen LogP contribution is -2.58. The maximum atomic E-state index is 14.5. The standard InChI is InChI=1S/C35H46N6O7S/c1-20(2)13-25-32(45)38-26(14-21-9-5-4-6-10-21)35(48)41-16-22(36-31(44)24-19-49-29-12-8-7-11-23(24)29)15-28(41)33(46)39-27(18-42)34(47)40(3)17-30(43)37-25/h4-6,9-10,19-20,22,25-28,42H,7-8,11-18H2,1-3H3,(H,36,44)(H,37,43)(H,38,45)(H,39,46)/t22-,25-,26-,27-,28-/m0/s1. The Labute approximate surface area is 290 Å². The van der Waals surface area contributed by atoms with E-state index < -0.39 is 72.9 Å². The van der Waals surface area contributed by atoms with E-state index >= 15 is 0 Å². The van der Waals surface area contributed by atoms with Crippen LogP contribution in [0, 0.1) is 5.92 Å². The Morgan fingerprint density at radius 1 is 0.959 bits per heavy atom. The minimum Gasteiger partial charge on any atom is -0.394 e. The second-order valence-corrected chi connectivity index (χ2v) is 14.6. The highest BCUT2D eigenvalue weighted by Crippen LogP contribution is 2.31. The van der Waals surface area contributed by atoms with Gasteiger partial charge in [-0.15, -0.1) is 11.3 Å². The fourth-order valence-corrected chi connectivity index (χ4v) is 7.98. The van der Waals surface area contributed by atoms with Crippen molar-refractivity contribution >= 4 is 46.8 Å². The van der Waals surface area contributed by atoms with Crippen molar-refractivity contribution in [3.05, 3.63) is 57.3 Å². The number of carbonyl (C=O) groups excluding carboxylic acids is 6. The number of aryl methyl sites for hydroxylation is 1. The van der Waals surface area contributed by atoms with Crippen molar-refractivity contribution in [2.45, 2.75) is 89.0 Å². The number of benzene rings is 1. The van der Waals surface area contributed by atoms with Crippen LogP contribution in [0.5, 0.6) is 0 Å². The molecule has 3 heterocycles. The summed E-state index contributed by atoms with van der Waals surface area (Å²) in [7, 11) is 1.36. The van der Waals surface area contributed by atoms with Gasteiger partial charge in [0.2, 0.25) is 29.5 Å². The quantitative estimate of drug-likeness (QED) is 0.281. The normalized spacial score (nSPS) is 25.5. The first-order valence-corrected chi connectivity index (χ1v) is 17.8. The molecule has 6 amide bonds. The van der Waals surface area contributed by atoms with Gasteiger partial charge in [0, 0.05) is 36.3 Å². The summed E-state index contributed by atoms with van der Waals surface area (Å²) in [6.45, 7) is 2.62. The predicted octanol–water partition coefficient (Wildman–Crippen LogP) is 0.534. The number of hydrogen-bond acceptors (Lipinski definition) is 8. The zero-order valence-corrected chi connectivity index (χ0v) is 29.0. The molecule has 264 valence electrons. The Kier molecular flexibility index (Phi) is 11.7. The monoisotopic (exact) mass is 694 g/mol. The summed E-state index contributed by atoms with van der Waals surface area (Å²) in [6, 6.07) is 3.91. The van der Waals surface area contributed by atoms with Gasteiger partial charge in [0.15, 0.2) is 0 Å². The number of likely N-dealkylation sites (N-methyl/N-ethyl adjacent to an activating group) is 1. The van der Waals surface area contributed by atoms with Crippen molar-refractivity contribution in [3.63, 3.8) is 0 Å². The zero-order valence-electron chi connectivity index (χ0n) is 28.2. The molecule has 1 aliphatic carbocycles. The third-order valence-electron chi connectivity index (χ3n) is 9.34. The molecule has 3 aliphatic rings. The lowest BCUT2D eigenvalue weighted by atomic mass is 9.95. The van der Waals surface area contributed by atoms with Crippen LogP contribution in [0.4, 0.5) is 0 Å². The lowest BCUT2D eigenvalue weighted by molar-refractivity contribution is -0.143. The number of aliphatic hydroxyl groups is 1. The first-order valence-electron chi connectivity index (χ1n) is 17.0. The third kappa shape index (κ3) is 8.66. The van der Waals surface area contributed by atoms with Crippen molar-refractivity contribution in [1.82, 2.24) is 31.1 Å². The van der Waals surface area contributed by atoms with Gasteiger partial charge in [0.25, 0.3) is 5.91 Å². The van der Waals surface area contributed by atoms with Gasteiger partial charge in [-0.05, 0) is 55.6 Å². The minimum absolute atomic E-state index is 0.00234. The van der Waals surface area contributed by atoms with Crippen LogP contribution < -0.4 is 21.3 Å². The summed E-state index contributed by atoms with van der Waals surface area (Å²) in [5, 5.41) is 23.1. The van der Waals surface area contributed by atoms with E-state index in [0.717, 1.165) is 41.7 Å². The molecular formula is C35H46N6O7S. The van der Waals surface area contributed by atoms with Crippen LogP contribution in [-0.4, -0.2) is 107 Å². The predicted molar refractivity (Wildman–Crippen MR) is 182 cm³/mol. The number of nitrogens with zero attached hydrogens (tertiary/aromatic N) is 2. The molecule has 5 N–H and O–H groups in total. The van der Waals surface area contributed by atoms with Crippen LogP contribution in [0.15, 0.2) is 35.7 Å². The summed E-state index contributed by atoms with van der Waals surface area (Å²) >= 11 is 1.57. The molecule has 2 aromatic rings. The van der Waals surface area contributed by atoms with Crippen molar-refractivity contribution in [2.24, 2.45) is 5.92 Å². The van der Waals surface area contributed by atoms with E-state index in [1.807, 2.05) is 49.6 Å². The first kappa shape index (κ1) is 36.0. The van der Waals surface area contributed by atoms with Crippen LogP contribution in [0.2, 0.25) is 0 Å². The average Bonchev–Trinajstić information content (AvgIpc) is 3.70. The molecule has 2 saturated heterocycles. The highest BCUT2D eigenvalue weighted by Gasteiger charge is 2.44. The van der Waals surface area contributed by atoms with Crippen molar-refractivity contribution in [1.29, 1.82) is 0 Å². The lowest BCUT2D eigenvalue weighted by Gasteiger charge is -2.30. The summed E-state index contributed by atoms with van der Waals surface area (Å²) in [5.74, 6) is -3.40. The largest absolute Gasteiger partial charge is 0.394 e. The van der Waals surface area contributed by atoms with Crippen LogP contribution >= 0.6 is 11.3 Å². The smallest absolute Gasteiger partial charge is 0.252 e. The summed E-state index contributed by atoms with van der Waals surface area (Å²) in [5.41, 5.74) is 2.43. The van der Waals surface area contributed by atoms with E-state index in [4.69, 9.17) is 0 Å². The molecule has 0 radical (unpaired) electrons. The van der Waals surface area contributed by atoms with E-state index in [9.17, 15) is 33.9 Å². The average molecular weight is 695 g/mol. The zero-order chi connectivity index (χ0) is 35.2. The van der Waals surface area contributed by atoms with Gasteiger partial charge in [-0.3, -0.25) is 28.8 Å². The molecule has 1 aromatic heterocycles. The summed E-state index contributed by atoms with van der Waals surface area (Å²) in [4.78, 5) is 85.6. The van der Waals surface area contributed by atoms with E-state index in [0.29, 0.717) is 5.56 Å². The van der Waals surface area contributed by atoms with Gasteiger partial charge in [0.1, 0.15) is 24.2 Å². The molecule has 2 aliphatic heterocycles. The molecule has 0 spiro atoms. The molecule has 0 bridgehead atoms. The molecular weight excluding hydrogens is 648 g/mol. The van der Waals surface area contributed by atoms with Gasteiger partial charge in [0.05, 0.1) is 18.7 Å². The van der Waals surface area contributed by atoms with Crippen LogP contribution in [0.3, 0.4) is 0 Å². The van der Waals surface area contributed by atoms with Crippen LogP contribution in [0.1, 0.15) is 65.9 Å². The van der Waals surface area contributed by atoms with E-state index in [1.54, 1.807) is 11.3 Å². The van der Waals surface area contributed by atoms with Gasteiger partial charge < -0.3 is 36.2 Å². The fourth-order valence-electron chi connectivity index (χ4n) is 6.86. The van der Waals surface area contributed by atoms with Gasteiger partial charge >= 0.3 is 0 Å². The number of amides is 6. The van der Waals surface area contributed by atoms with E-state index in [1.165, 1.54) is 16.8 Å². The number of nitrogens with one attached hydrogen (secondary N) is 4. The number of thiophene rings is 1.